The number of carbonyl (C=O) groups is 3. The summed E-state index contributed by atoms with van der Waals surface area (Å²) in [6.45, 7) is 0.610. The Morgan fingerprint density at radius 2 is 1.59 bits per heavy atom. The molecule has 1 saturated heterocycles. The molecule has 1 aliphatic heterocycles. The number of carbonyl (C=O) groups excluding carboxylic acids is 3. The van der Waals surface area contributed by atoms with Gasteiger partial charge in [-0.15, -0.1) is 0 Å². The Labute approximate surface area is 186 Å². The second-order valence-corrected chi connectivity index (χ2v) is 7.35. The van der Waals surface area contributed by atoms with E-state index in [4.69, 9.17) is 4.74 Å². The molecular formula is C25H23N3O4. The molecule has 3 amide bonds. The van der Waals surface area contributed by atoms with Crippen molar-refractivity contribution in [1.82, 2.24) is 0 Å². The van der Waals surface area contributed by atoms with Crippen molar-refractivity contribution in [1.29, 1.82) is 0 Å². The van der Waals surface area contributed by atoms with E-state index in [9.17, 15) is 14.4 Å². The van der Waals surface area contributed by atoms with Crippen molar-refractivity contribution in [3.8, 4) is 5.75 Å². The Balaban J connectivity index is 1.46. The summed E-state index contributed by atoms with van der Waals surface area (Å²) in [5.41, 5.74) is 2.61. The highest BCUT2D eigenvalue weighted by atomic mass is 16.5. The minimum absolute atomic E-state index is 0.0238. The molecule has 3 aromatic carbocycles. The van der Waals surface area contributed by atoms with Crippen molar-refractivity contribution in [3.63, 3.8) is 0 Å². The molecule has 32 heavy (non-hydrogen) atoms. The van der Waals surface area contributed by atoms with Gasteiger partial charge in [0, 0.05) is 24.2 Å². The average molecular weight is 429 g/mol. The maximum Gasteiger partial charge on any atom is 0.257 e. The number of rotatable bonds is 6. The summed E-state index contributed by atoms with van der Waals surface area (Å²) in [6.07, 6.45) is 1.28. The van der Waals surface area contributed by atoms with Crippen molar-refractivity contribution in [2.45, 2.75) is 12.8 Å². The van der Waals surface area contributed by atoms with Gasteiger partial charge in [0.25, 0.3) is 11.8 Å². The van der Waals surface area contributed by atoms with E-state index in [0.29, 0.717) is 46.9 Å². The van der Waals surface area contributed by atoms with Crippen LogP contribution in [0.15, 0.2) is 72.8 Å². The maximum absolute atomic E-state index is 12.9. The molecule has 0 spiro atoms. The number of nitrogens with one attached hydrogen (secondary N) is 2. The zero-order valence-corrected chi connectivity index (χ0v) is 17.6. The molecule has 4 rings (SSSR count). The van der Waals surface area contributed by atoms with Crippen LogP contribution in [-0.2, 0) is 4.79 Å². The molecule has 0 atom stereocenters. The van der Waals surface area contributed by atoms with Crippen LogP contribution >= 0.6 is 0 Å². The van der Waals surface area contributed by atoms with Gasteiger partial charge in [0.15, 0.2) is 0 Å². The highest BCUT2D eigenvalue weighted by Crippen LogP contribution is 2.27. The smallest absolute Gasteiger partial charge is 0.257 e. The average Bonchev–Trinajstić information content (AvgIpc) is 3.25. The van der Waals surface area contributed by atoms with Crippen molar-refractivity contribution < 1.29 is 19.1 Å². The summed E-state index contributed by atoms with van der Waals surface area (Å²) in [4.78, 5) is 39.2. The number of methoxy groups -OCH3 is 1. The van der Waals surface area contributed by atoms with Gasteiger partial charge in [-0.05, 0) is 55.0 Å². The minimum Gasteiger partial charge on any atom is -0.495 e. The second kappa shape index (κ2) is 9.34. The molecule has 7 heteroatoms. The Morgan fingerprint density at radius 3 is 2.31 bits per heavy atom. The number of hydrogen-bond donors (Lipinski definition) is 2. The predicted molar refractivity (Wildman–Crippen MR) is 123 cm³/mol. The molecule has 0 unspecified atom stereocenters. The summed E-state index contributed by atoms with van der Waals surface area (Å²) >= 11 is 0. The van der Waals surface area contributed by atoms with Crippen LogP contribution in [-0.4, -0.2) is 31.4 Å². The molecule has 7 nitrogen and oxygen atoms in total. The molecule has 1 heterocycles. The molecule has 0 bridgehead atoms. The lowest BCUT2D eigenvalue weighted by Crippen LogP contribution is -2.27. The molecule has 0 aliphatic carbocycles. The van der Waals surface area contributed by atoms with Crippen LogP contribution in [0.1, 0.15) is 33.6 Å². The third-order valence-corrected chi connectivity index (χ3v) is 5.27. The van der Waals surface area contributed by atoms with Crippen LogP contribution in [0.5, 0.6) is 5.75 Å². The van der Waals surface area contributed by atoms with Crippen LogP contribution in [0.3, 0.4) is 0 Å². The van der Waals surface area contributed by atoms with Crippen molar-refractivity contribution in [2.24, 2.45) is 0 Å². The molecule has 0 aromatic heterocycles. The van der Waals surface area contributed by atoms with Gasteiger partial charge in [0.05, 0.1) is 24.0 Å². The van der Waals surface area contributed by atoms with Gasteiger partial charge in [-0.25, -0.2) is 0 Å². The van der Waals surface area contributed by atoms with Crippen molar-refractivity contribution in [2.75, 3.05) is 29.2 Å². The lowest BCUT2D eigenvalue weighted by Gasteiger charge is -2.19. The second-order valence-electron chi connectivity index (χ2n) is 7.35. The lowest BCUT2D eigenvalue weighted by atomic mass is 10.1. The van der Waals surface area contributed by atoms with Crippen molar-refractivity contribution in [3.05, 3.63) is 83.9 Å². The van der Waals surface area contributed by atoms with Crippen molar-refractivity contribution >= 4 is 34.8 Å². The number of ether oxygens (including phenoxy) is 1. The van der Waals surface area contributed by atoms with Gasteiger partial charge in [-0.3, -0.25) is 14.4 Å². The first-order chi connectivity index (χ1) is 15.6. The molecular weight excluding hydrogens is 406 g/mol. The Bertz CT molecular complexity index is 1160. The SMILES string of the molecule is COc1ccccc1NC(=O)c1ccc(NC(=O)c2ccccc2N2CCCC2=O)cc1. The monoisotopic (exact) mass is 429 g/mol. The van der Waals surface area contributed by atoms with E-state index in [0.717, 1.165) is 6.42 Å². The standard InChI is InChI=1S/C25H23N3O4/c1-32-22-10-5-3-8-20(22)27-24(30)17-12-14-18(15-13-17)26-25(31)19-7-2-4-9-21(19)28-16-6-11-23(28)29/h2-5,7-10,12-15H,6,11,16H2,1H3,(H,26,31)(H,27,30). The number of hydrogen-bond acceptors (Lipinski definition) is 4. The third-order valence-electron chi connectivity index (χ3n) is 5.27. The molecule has 162 valence electrons. The first-order valence-corrected chi connectivity index (χ1v) is 10.3. The first kappa shape index (κ1) is 21.1. The first-order valence-electron chi connectivity index (χ1n) is 10.3. The maximum atomic E-state index is 12.9. The summed E-state index contributed by atoms with van der Waals surface area (Å²) in [7, 11) is 1.54. The van der Waals surface area contributed by atoms with Gasteiger partial charge < -0.3 is 20.3 Å². The fraction of sp³-hybridized carbons (Fsp3) is 0.160. The van der Waals surface area contributed by atoms with E-state index < -0.39 is 0 Å². The van der Waals surface area contributed by atoms with E-state index in [1.54, 1.807) is 66.6 Å². The van der Waals surface area contributed by atoms with E-state index in [1.165, 1.54) is 0 Å². The van der Waals surface area contributed by atoms with Gasteiger partial charge in [0.2, 0.25) is 5.91 Å². The van der Waals surface area contributed by atoms with Crippen LogP contribution in [0.4, 0.5) is 17.1 Å². The van der Waals surface area contributed by atoms with Crippen LogP contribution in [0, 0.1) is 0 Å². The van der Waals surface area contributed by atoms with Gasteiger partial charge in [0.1, 0.15) is 5.75 Å². The van der Waals surface area contributed by atoms with E-state index >= 15 is 0 Å². The van der Waals surface area contributed by atoms with E-state index in [2.05, 4.69) is 10.6 Å². The minimum atomic E-state index is -0.313. The Hall–Kier alpha value is -4.13. The number of benzene rings is 3. The summed E-state index contributed by atoms with van der Waals surface area (Å²) in [6, 6.07) is 20.8. The topological polar surface area (TPSA) is 87.7 Å². The van der Waals surface area contributed by atoms with Gasteiger partial charge in [-0.1, -0.05) is 24.3 Å². The zero-order chi connectivity index (χ0) is 22.5. The van der Waals surface area contributed by atoms with Crippen LogP contribution in [0.2, 0.25) is 0 Å². The quantitative estimate of drug-likeness (QED) is 0.611. The van der Waals surface area contributed by atoms with Crippen LogP contribution in [0.25, 0.3) is 0 Å². The fourth-order valence-corrected chi connectivity index (χ4v) is 3.65. The Kier molecular flexibility index (Phi) is 6.17. The molecule has 3 aromatic rings. The normalized spacial score (nSPS) is 13.0. The third kappa shape index (κ3) is 4.46. The predicted octanol–water partition coefficient (Wildman–Crippen LogP) is 4.33. The molecule has 0 radical (unpaired) electrons. The summed E-state index contributed by atoms with van der Waals surface area (Å²) in [5.74, 6) is -0.00710. The molecule has 0 saturated carbocycles. The number of anilines is 3. The zero-order valence-electron chi connectivity index (χ0n) is 17.6. The number of nitrogens with zero attached hydrogens (tertiary/aromatic N) is 1. The number of para-hydroxylation sites is 3. The highest BCUT2D eigenvalue weighted by Gasteiger charge is 2.25. The lowest BCUT2D eigenvalue weighted by molar-refractivity contribution is -0.117. The largest absolute Gasteiger partial charge is 0.495 e. The molecule has 1 aliphatic rings. The Morgan fingerprint density at radius 1 is 0.875 bits per heavy atom. The van der Waals surface area contributed by atoms with Gasteiger partial charge in [-0.2, -0.15) is 0 Å². The molecule has 2 N–H and O–H groups in total. The number of amides is 3. The van der Waals surface area contributed by atoms with E-state index in [-0.39, 0.29) is 17.7 Å². The van der Waals surface area contributed by atoms with E-state index in [1.807, 2.05) is 18.2 Å². The fourth-order valence-electron chi connectivity index (χ4n) is 3.65. The van der Waals surface area contributed by atoms with Crippen LogP contribution < -0.4 is 20.3 Å². The highest BCUT2D eigenvalue weighted by molar-refractivity contribution is 6.11. The van der Waals surface area contributed by atoms with Gasteiger partial charge >= 0.3 is 0 Å². The summed E-state index contributed by atoms with van der Waals surface area (Å²) in [5, 5.41) is 5.66. The molecule has 1 fully saturated rings. The summed E-state index contributed by atoms with van der Waals surface area (Å²) < 4.78 is 5.25.